The van der Waals surface area contributed by atoms with Crippen LogP contribution in [-0.2, 0) is 11.2 Å². The van der Waals surface area contributed by atoms with Crippen LogP contribution in [-0.4, -0.2) is 41.6 Å². The van der Waals surface area contributed by atoms with E-state index in [-0.39, 0.29) is 24.2 Å². The number of ketones is 1. The quantitative estimate of drug-likeness (QED) is 0.711. The summed E-state index contributed by atoms with van der Waals surface area (Å²) in [6.45, 7) is 3.27. The van der Waals surface area contributed by atoms with Crippen LogP contribution in [0.25, 0.3) is 0 Å². The summed E-state index contributed by atoms with van der Waals surface area (Å²) >= 11 is 0. The van der Waals surface area contributed by atoms with Crippen molar-refractivity contribution >= 4 is 5.78 Å². The van der Waals surface area contributed by atoms with Gasteiger partial charge >= 0.3 is 0 Å². The SMILES string of the molecule is CC(=O)CCc1ccc(OCC(O)CN2CCCC2c2ccc(F)cc2)cc1. The molecule has 1 saturated heterocycles. The molecule has 4 nitrogen and oxygen atoms in total. The van der Waals surface area contributed by atoms with Crippen molar-refractivity contribution in [3.63, 3.8) is 0 Å². The third-order valence-corrected chi connectivity index (χ3v) is 5.20. The zero-order valence-electron chi connectivity index (χ0n) is 16.3. The lowest BCUT2D eigenvalue weighted by atomic mass is 10.0. The lowest BCUT2D eigenvalue weighted by Gasteiger charge is -2.27. The van der Waals surface area contributed by atoms with E-state index in [1.165, 1.54) is 12.1 Å². The predicted molar refractivity (Wildman–Crippen MR) is 107 cm³/mol. The normalized spacial score (nSPS) is 18.2. The minimum atomic E-state index is -0.599. The number of hydrogen-bond acceptors (Lipinski definition) is 4. The van der Waals surface area contributed by atoms with Gasteiger partial charge in [0.05, 0.1) is 0 Å². The highest BCUT2D eigenvalue weighted by molar-refractivity contribution is 5.75. The summed E-state index contributed by atoms with van der Waals surface area (Å²) in [5.41, 5.74) is 2.19. The zero-order valence-corrected chi connectivity index (χ0v) is 16.3. The molecule has 0 bridgehead atoms. The molecule has 1 heterocycles. The van der Waals surface area contributed by atoms with Crippen molar-refractivity contribution in [3.8, 4) is 5.75 Å². The van der Waals surface area contributed by atoms with Crippen molar-refractivity contribution in [2.45, 2.75) is 44.8 Å². The van der Waals surface area contributed by atoms with E-state index in [9.17, 15) is 14.3 Å². The van der Waals surface area contributed by atoms with Crippen molar-refractivity contribution in [1.29, 1.82) is 0 Å². The molecule has 0 amide bonds. The lowest BCUT2D eigenvalue weighted by Crippen LogP contribution is -2.35. The molecule has 2 aromatic rings. The number of hydrogen-bond donors (Lipinski definition) is 1. The Morgan fingerprint density at radius 1 is 1.21 bits per heavy atom. The van der Waals surface area contributed by atoms with Crippen LogP contribution in [0, 0.1) is 5.82 Å². The number of rotatable bonds is 9. The van der Waals surface area contributed by atoms with E-state index in [2.05, 4.69) is 4.90 Å². The molecule has 0 aromatic heterocycles. The summed E-state index contributed by atoms with van der Waals surface area (Å²) in [5, 5.41) is 10.4. The van der Waals surface area contributed by atoms with E-state index < -0.39 is 6.10 Å². The van der Waals surface area contributed by atoms with Gasteiger partial charge in [0.1, 0.15) is 30.1 Å². The van der Waals surface area contributed by atoms with Crippen molar-refractivity contribution in [2.24, 2.45) is 0 Å². The van der Waals surface area contributed by atoms with E-state index in [4.69, 9.17) is 4.74 Å². The molecule has 0 radical (unpaired) electrons. The zero-order chi connectivity index (χ0) is 19.9. The van der Waals surface area contributed by atoms with Crippen molar-refractivity contribution in [3.05, 3.63) is 65.5 Å². The average molecular weight is 385 g/mol. The predicted octanol–water partition coefficient (Wildman–Crippen LogP) is 3.92. The second-order valence-electron chi connectivity index (χ2n) is 7.52. The number of halogens is 1. The highest BCUT2D eigenvalue weighted by atomic mass is 19.1. The fraction of sp³-hybridized carbons (Fsp3) is 0.435. The Kier molecular flexibility index (Phi) is 7.18. The summed E-state index contributed by atoms with van der Waals surface area (Å²) in [5.74, 6) is 0.667. The minimum absolute atomic E-state index is 0.185. The van der Waals surface area contributed by atoms with Crippen LogP contribution in [0.3, 0.4) is 0 Å². The first kappa shape index (κ1) is 20.5. The van der Waals surface area contributed by atoms with E-state index >= 15 is 0 Å². The molecule has 2 aromatic carbocycles. The van der Waals surface area contributed by atoms with Crippen LogP contribution >= 0.6 is 0 Å². The van der Waals surface area contributed by atoms with Gasteiger partial charge in [-0.2, -0.15) is 0 Å². The second-order valence-corrected chi connectivity index (χ2v) is 7.52. The third-order valence-electron chi connectivity index (χ3n) is 5.20. The smallest absolute Gasteiger partial charge is 0.130 e. The number of aliphatic hydroxyl groups excluding tert-OH is 1. The average Bonchev–Trinajstić information content (AvgIpc) is 3.14. The van der Waals surface area contributed by atoms with Gasteiger partial charge in [0.15, 0.2) is 0 Å². The van der Waals surface area contributed by atoms with Crippen LogP contribution in [0.15, 0.2) is 48.5 Å². The molecular formula is C23H28FNO3. The first-order valence-electron chi connectivity index (χ1n) is 9.90. The van der Waals surface area contributed by atoms with Gasteiger partial charge in [-0.1, -0.05) is 24.3 Å². The van der Waals surface area contributed by atoms with E-state index in [0.29, 0.717) is 18.7 Å². The van der Waals surface area contributed by atoms with E-state index in [1.54, 1.807) is 6.92 Å². The third kappa shape index (κ3) is 5.88. The van der Waals surface area contributed by atoms with Gasteiger partial charge in [0.25, 0.3) is 0 Å². The molecule has 5 heteroatoms. The number of likely N-dealkylation sites (tertiary alicyclic amines) is 1. The topological polar surface area (TPSA) is 49.8 Å². The number of benzene rings is 2. The van der Waals surface area contributed by atoms with Gasteiger partial charge in [0.2, 0.25) is 0 Å². The summed E-state index contributed by atoms with van der Waals surface area (Å²) in [6, 6.07) is 14.5. The van der Waals surface area contributed by atoms with Crippen LogP contribution in [0.1, 0.15) is 43.4 Å². The van der Waals surface area contributed by atoms with Gasteiger partial charge in [-0.15, -0.1) is 0 Å². The molecule has 2 unspecified atom stereocenters. The monoisotopic (exact) mass is 385 g/mol. The standard InChI is InChI=1S/C23H28FNO3/c1-17(26)4-5-18-6-12-22(13-7-18)28-16-21(27)15-25-14-2-3-23(25)19-8-10-20(24)11-9-19/h6-13,21,23,27H,2-5,14-16H2,1H3. The van der Waals surface area contributed by atoms with Gasteiger partial charge in [-0.25, -0.2) is 4.39 Å². The van der Waals surface area contributed by atoms with E-state index in [1.807, 2.05) is 36.4 Å². The van der Waals surface area contributed by atoms with Gasteiger partial charge in [0, 0.05) is 19.0 Å². The number of carbonyl (C=O) groups excluding carboxylic acids is 1. The first-order chi connectivity index (χ1) is 13.5. The number of aliphatic hydroxyl groups is 1. The summed E-state index contributed by atoms with van der Waals surface area (Å²) in [7, 11) is 0. The molecule has 1 fully saturated rings. The molecule has 0 aliphatic carbocycles. The molecular weight excluding hydrogens is 357 g/mol. The van der Waals surface area contributed by atoms with Crippen molar-refractivity contribution in [1.82, 2.24) is 4.90 Å². The number of β-amino-alcohol motifs (C(OH)–C–C–N with tert-alkyl or cyclic N) is 1. The number of carbonyl (C=O) groups is 1. The van der Waals surface area contributed by atoms with E-state index in [0.717, 1.165) is 36.9 Å². The maximum atomic E-state index is 13.2. The minimum Gasteiger partial charge on any atom is -0.491 e. The fourth-order valence-electron chi connectivity index (χ4n) is 3.70. The summed E-state index contributed by atoms with van der Waals surface area (Å²) < 4.78 is 18.9. The number of ether oxygens (including phenoxy) is 1. The maximum absolute atomic E-state index is 13.2. The second kappa shape index (κ2) is 9.80. The van der Waals surface area contributed by atoms with Crippen LogP contribution in [0.2, 0.25) is 0 Å². The largest absolute Gasteiger partial charge is 0.491 e. The van der Waals surface area contributed by atoms with Crippen LogP contribution in [0.4, 0.5) is 4.39 Å². The van der Waals surface area contributed by atoms with Gasteiger partial charge in [-0.05, 0) is 68.1 Å². The molecule has 1 aliphatic heterocycles. The Balaban J connectivity index is 1.47. The molecule has 0 spiro atoms. The Morgan fingerprint density at radius 2 is 1.93 bits per heavy atom. The van der Waals surface area contributed by atoms with Crippen LogP contribution < -0.4 is 4.74 Å². The number of Topliss-reactive ketones (excluding diaryl/α,β-unsaturated/α-hetero) is 1. The van der Waals surface area contributed by atoms with Gasteiger partial charge in [-0.3, -0.25) is 4.90 Å². The lowest BCUT2D eigenvalue weighted by molar-refractivity contribution is -0.116. The summed E-state index contributed by atoms with van der Waals surface area (Å²) in [4.78, 5) is 13.3. The van der Waals surface area contributed by atoms with Crippen LogP contribution in [0.5, 0.6) is 5.75 Å². The Hall–Kier alpha value is -2.24. The first-order valence-corrected chi connectivity index (χ1v) is 9.90. The van der Waals surface area contributed by atoms with Crippen molar-refractivity contribution < 1.29 is 19.0 Å². The summed E-state index contributed by atoms with van der Waals surface area (Å²) in [6.07, 6.45) is 2.76. The van der Waals surface area contributed by atoms with Gasteiger partial charge < -0.3 is 14.6 Å². The Morgan fingerprint density at radius 3 is 2.61 bits per heavy atom. The molecule has 1 aliphatic rings. The fourth-order valence-corrected chi connectivity index (χ4v) is 3.70. The maximum Gasteiger partial charge on any atom is 0.130 e. The number of aryl methyl sites for hydroxylation is 1. The number of nitrogens with zero attached hydrogens (tertiary/aromatic N) is 1. The van der Waals surface area contributed by atoms with Crippen molar-refractivity contribution in [2.75, 3.05) is 19.7 Å². The molecule has 150 valence electrons. The Labute approximate surface area is 165 Å². The molecule has 28 heavy (non-hydrogen) atoms. The Bertz CT molecular complexity index is 760. The molecule has 3 rings (SSSR count). The molecule has 2 atom stereocenters. The highest BCUT2D eigenvalue weighted by Crippen LogP contribution is 2.32. The highest BCUT2D eigenvalue weighted by Gasteiger charge is 2.27. The molecule has 1 N–H and O–H groups in total. The molecule has 0 saturated carbocycles.